The molecule has 2 fully saturated rings. The van der Waals surface area contributed by atoms with Gasteiger partial charge in [-0.2, -0.15) is 0 Å². The monoisotopic (exact) mass is 568 g/mol. The van der Waals surface area contributed by atoms with Crippen molar-refractivity contribution in [3.05, 3.63) is 0 Å². The molecular weight excluding hydrogens is 516 g/mol. The zero-order valence-corrected chi connectivity index (χ0v) is 23.3. The highest BCUT2D eigenvalue weighted by Crippen LogP contribution is 2.29. The highest BCUT2D eigenvalue weighted by Gasteiger charge is 2.50. The summed E-state index contributed by atoms with van der Waals surface area (Å²) in [5.41, 5.74) is 0. The Labute approximate surface area is 231 Å². The number of aliphatic hydroxyl groups is 7. The van der Waals surface area contributed by atoms with Gasteiger partial charge in [0.05, 0.1) is 19.8 Å². The summed E-state index contributed by atoms with van der Waals surface area (Å²) in [7, 11) is 0. The fourth-order valence-corrected chi connectivity index (χ4v) is 4.85. The lowest BCUT2D eigenvalue weighted by Gasteiger charge is -2.45. The van der Waals surface area contributed by atoms with Crippen molar-refractivity contribution in [1.82, 2.24) is 0 Å². The summed E-state index contributed by atoms with van der Waals surface area (Å²) < 4.78 is 27.6. The molecule has 6 unspecified atom stereocenters. The lowest BCUT2D eigenvalue weighted by atomic mass is 9.97. The Morgan fingerprint density at radius 1 is 0.538 bits per heavy atom. The number of ether oxygens (including phenoxy) is 5. The zero-order chi connectivity index (χ0) is 28.6. The molecule has 0 spiro atoms. The van der Waals surface area contributed by atoms with Crippen molar-refractivity contribution >= 4 is 0 Å². The minimum Gasteiger partial charge on any atom is -0.394 e. The molecule has 2 rings (SSSR count). The van der Waals surface area contributed by atoms with Gasteiger partial charge in [-0.15, -0.1) is 0 Å². The summed E-state index contributed by atoms with van der Waals surface area (Å²) in [5, 5.41) is 70.3. The lowest BCUT2D eigenvalue weighted by Crippen LogP contribution is -2.64. The minimum absolute atomic E-state index is 0.197. The summed E-state index contributed by atoms with van der Waals surface area (Å²) in [6, 6.07) is 0. The fourth-order valence-electron chi connectivity index (χ4n) is 4.85. The van der Waals surface area contributed by atoms with E-state index in [0.717, 1.165) is 12.8 Å². The molecule has 232 valence electrons. The molecule has 12 heteroatoms. The SMILES string of the molecule is CCCCCCCCCCCCOCCCO[C@H]1OC(CO)[C@@H](O[C@@H]2OC(CO)[C@H](O)C(O)C2O)C(O)C1O. The molecule has 2 heterocycles. The van der Waals surface area contributed by atoms with Crippen molar-refractivity contribution in [3.8, 4) is 0 Å². The van der Waals surface area contributed by atoms with Crippen molar-refractivity contribution in [2.24, 2.45) is 0 Å². The van der Waals surface area contributed by atoms with Gasteiger partial charge >= 0.3 is 0 Å². The van der Waals surface area contributed by atoms with E-state index in [4.69, 9.17) is 23.7 Å². The van der Waals surface area contributed by atoms with Gasteiger partial charge in [-0.1, -0.05) is 64.7 Å². The molecule has 0 radical (unpaired) electrons. The van der Waals surface area contributed by atoms with Crippen molar-refractivity contribution < 1.29 is 59.4 Å². The second-order valence-electron chi connectivity index (χ2n) is 10.5. The molecular formula is C27H52O12. The average Bonchev–Trinajstić information content (AvgIpc) is 2.94. The third kappa shape index (κ3) is 11.4. The largest absolute Gasteiger partial charge is 0.394 e. The molecule has 2 aliphatic rings. The van der Waals surface area contributed by atoms with Gasteiger partial charge in [-0.05, 0) is 12.8 Å². The number of rotatable bonds is 20. The summed E-state index contributed by atoms with van der Waals surface area (Å²) in [6.07, 6.45) is -1.39. The average molecular weight is 569 g/mol. The van der Waals surface area contributed by atoms with E-state index in [-0.39, 0.29) is 6.61 Å². The van der Waals surface area contributed by atoms with Gasteiger partial charge in [0.1, 0.15) is 48.8 Å². The first-order valence-corrected chi connectivity index (χ1v) is 14.6. The standard InChI is InChI=1S/C27H52O12/c1-2-3-4-5-6-7-8-9-10-11-13-35-14-12-15-36-26-24(34)22(32)25(19(17-29)38-26)39-27-23(33)21(31)20(30)18(16-28)37-27/h18-34H,2-17H2,1H3/t18?,19?,20-,21?,22?,23?,24?,25+,26-,27-/m0/s1. The third-order valence-corrected chi connectivity index (χ3v) is 7.32. The van der Waals surface area contributed by atoms with Crippen molar-refractivity contribution in [2.45, 2.75) is 139 Å². The molecule has 2 aliphatic heterocycles. The van der Waals surface area contributed by atoms with E-state index in [1.165, 1.54) is 51.4 Å². The highest BCUT2D eigenvalue weighted by atomic mass is 16.7. The summed E-state index contributed by atoms with van der Waals surface area (Å²) in [4.78, 5) is 0. The van der Waals surface area contributed by atoms with Crippen LogP contribution in [0, 0.1) is 0 Å². The summed E-state index contributed by atoms with van der Waals surface area (Å²) in [6.45, 7) is 2.33. The van der Waals surface area contributed by atoms with Gasteiger partial charge in [0, 0.05) is 13.2 Å². The number of hydrogen-bond donors (Lipinski definition) is 7. The number of aliphatic hydroxyl groups excluding tert-OH is 7. The Bertz CT molecular complexity index is 609. The Hall–Kier alpha value is -0.480. The Morgan fingerprint density at radius 3 is 1.69 bits per heavy atom. The zero-order valence-electron chi connectivity index (χ0n) is 23.3. The molecule has 0 aromatic rings. The van der Waals surface area contributed by atoms with E-state index in [1.807, 2.05) is 0 Å². The molecule has 0 amide bonds. The Kier molecular flexibility index (Phi) is 17.5. The van der Waals surface area contributed by atoms with Gasteiger partial charge < -0.3 is 59.4 Å². The summed E-state index contributed by atoms with van der Waals surface area (Å²) >= 11 is 0. The van der Waals surface area contributed by atoms with Crippen LogP contribution >= 0.6 is 0 Å². The van der Waals surface area contributed by atoms with Crippen LogP contribution in [0.5, 0.6) is 0 Å². The predicted octanol–water partition coefficient (Wildman–Crippen LogP) is -0.0453. The van der Waals surface area contributed by atoms with Crippen molar-refractivity contribution in [2.75, 3.05) is 33.0 Å². The predicted molar refractivity (Wildman–Crippen MR) is 140 cm³/mol. The van der Waals surface area contributed by atoms with E-state index in [9.17, 15) is 35.7 Å². The smallest absolute Gasteiger partial charge is 0.187 e. The first-order chi connectivity index (χ1) is 18.8. The first kappa shape index (κ1) is 34.7. The first-order valence-electron chi connectivity index (χ1n) is 14.6. The molecule has 7 N–H and O–H groups in total. The van der Waals surface area contributed by atoms with Crippen LogP contribution in [-0.2, 0) is 23.7 Å². The van der Waals surface area contributed by atoms with Crippen LogP contribution in [0.4, 0.5) is 0 Å². The molecule has 0 aliphatic carbocycles. The van der Waals surface area contributed by atoms with Gasteiger partial charge in [0.2, 0.25) is 0 Å². The van der Waals surface area contributed by atoms with Gasteiger partial charge in [0.25, 0.3) is 0 Å². The van der Waals surface area contributed by atoms with Crippen molar-refractivity contribution in [3.63, 3.8) is 0 Å². The van der Waals surface area contributed by atoms with Crippen LogP contribution in [0.1, 0.15) is 77.6 Å². The molecule has 0 aromatic heterocycles. The van der Waals surface area contributed by atoms with Crippen LogP contribution in [0.25, 0.3) is 0 Å². The Balaban J connectivity index is 1.62. The molecule has 0 saturated carbocycles. The van der Waals surface area contributed by atoms with Crippen molar-refractivity contribution in [1.29, 1.82) is 0 Å². The van der Waals surface area contributed by atoms with Gasteiger partial charge in [0.15, 0.2) is 12.6 Å². The topological polar surface area (TPSA) is 188 Å². The highest BCUT2D eigenvalue weighted by molar-refractivity contribution is 4.94. The second-order valence-corrected chi connectivity index (χ2v) is 10.5. The molecule has 0 bridgehead atoms. The third-order valence-electron chi connectivity index (χ3n) is 7.32. The molecule has 2 saturated heterocycles. The van der Waals surface area contributed by atoms with Crippen LogP contribution in [0.3, 0.4) is 0 Å². The normalized spacial score (nSPS) is 35.4. The van der Waals surface area contributed by atoms with Crippen LogP contribution in [-0.4, -0.2) is 130 Å². The van der Waals surface area contributed by atoms with Crippen LogP contribution < -0.4 is 0 Å². The Morgan fingerprint density at radius 2 is 1.08 bits per heavy atom. The maximum absolute atomic E-state index is 10.6. The quantitative estimate of drug-likeness (QED) is 0.0972. The molecule has 12 nitrogen and oxygen atoms in total. The maximum Gasteiger partial charge on any atom is 0.187 e. The van der Waals surface area contributed by atoms with Gasteiger partial charge in [-0.3, -0.25) is 0 Å². The van der Waals surface area contributed by atoms with E-state index >= 15 is 0 Å². The van der Waals surface area contributed by atoms with Gasteiger partial charge in [-0.25, -0.2) is 0 Å². The van der Waals surface area contributed by atoms with E-state index in [2.05, 4.69) is 6.92 Å². The number of unbranched alkanes of at least 4 members (excludes halogenated alkanes) is 9. The lowest BCUT2D eigenvalue weighted by molar-refractivity contribution is -0.359. The van der Waals surface area contributed by atoms with E-state index < -0.39 is 74.6 Å². The molecule has 0 aromatic carbocycles. The molecule has 10 atom stereocenters. The van der Waals surface area contributed by atoms with E-state index in [1.54, 1.807) is 0 Å². The molecule has 39 heavy (non-hydrogen) atoms. The van der Waals surface area contributed by atoms with Crippen LogP contribution in [0.15, 0.2) is 0 Å². The fraction of sp³-hybridized carbons (Fsp3) is 1.00. The van der Waals surface area contributed by atoms with E-state index in [0.29, 0.717) is 19.6 Å². The summed E-state index contributed by atoms with van der Waals surface area (Å²) in [5.74, 6) is 0. The maximum atomic E-state index is 10.6. The minimum atomic E-state index is -1.71. The number of hydrogen-bond acceptors (Lipinski definition) is 12. The second kappa shape index (κ2) is 19.6. The van der Waals surface area contributed by atoms with Crippen LogP contribution in [0.2, 0.25) is 0 Å².